The summed E-state index contributed by atoms with van der Waals surface area (Å²) in [6.45, 7) is 4.16. The topological polar surface area (TPSA) is 38.0 Å². The van der Waals surface area contributed by atoms with Crippen LogP contribution in [0.25, 0.3) is 0 Å². The highest BCUT2D eigenvalue weighted by Crippen LogP contribution is 2.29. The predicted octanol–water partition coefficient (Wildman–Crippen LogP) is 3.62. The maximum Gasteiger partial charge on any atom is 0.0721 e. The van der Waals surface area contributed by atoms with Crippen LogP contribution in [0.5, 0.6) is 0 Å². The molecule has 3 heteroatoms. The van der Waals surface area contributed by atoms with Gasteiger partial charge in [-0.05, 0) is 31.0 Å². The van der Waals surface area contributed by atoms with Gasteiger partial charge in [-0.1, -0.05) is 63.5 Å². The number of rotatable bonds is 3. The van der Waals surface area contributed by atoms with E-state index in [2.05, 4.69) is 77.7 Å². The lowest BCUT2D eigenvalue weighted by Gasteiger charge is -2.19. The van der Waals surface area contributed by atoms with Crippen LogP contribution in [0.15, 0.2) is 46.9 Å². The molecule has 0 heterocycles. The van der Waals surface area contributed by atoms with Gasteiger partial charge in [0.25, 0.3) is 0 Å². The van der Waals surface area contributed by atoms with E-state index in [4.69, 9.17) is 5.84 Å². The molecule has 0 amide bonds. The number of hydrogen-bond donors (Lipinski definition) is 2. The van der Waals surface area contributed by atoms with Crippen molar-refractivity contribution in [3.63, 3.8) is 0 Å². The van der Waals surface area contributed by atoms with Gasteiger partial charge in [0, 0.05) is 4.47 Å². The maximum absolute atomic E-state index is 5.72. The molecule has 2 rings (SSSR count). The molecule has 18 heavy (non-hydrogen) atoms. The predicted molar refractivity (Wildman–Crippen MR) is 79.2 cm³/mol. The van der Waals surface area contributed by atoms with Crippen molar-refractivity contribution >= 4 is 15.9 Å². The number of benzene rings is 2. The van der Waals surface area contributed by atoms with Gasteiger partial charge < -0.3 is 0 Å². The molecule has 2 nitrogen and oxygen atoms in total. The lowest BCUT2D eigenvalue weighted by atomic mass is 9.97. The zero-order chi connectivity index (χ0) is 13.1. The second-order valence-electron chi connectivity index (χ2n) is 4.54. The van der Waals surface area contributed by atoms with Crippen LogP contribution in [0, 0.1) is 13.8 Å². The van der Waals surface area contributed by atoms with E-state index < -0.39 is 0 Å². The van der Waals surface area contributed by atoms with Gasteiger partial charge in [0.05, 0.1) is 6.04 Å². The first-order chi connectivity index (χ1) is 8.61. The Labute approximate surface area is 116 Å². The smallest absolute Gasteiger partial charge is 0.0721 e. The Morgan fingerprint density at radius 1 is 1.00 bits per heavy atom. The standard InChI is InChI=1S/C15H17BrN2/c1-10-3-6-12(7-4-10)15(18-17)13-9-11(2)5-8-14(13)16/h3-9,15,18H,17H2,1-2H3. The Morgan fingerprint density at radius 3 is 2.22 bits per heavy atom. The third kappa shape index (κ3) is 2.80. The maximum atomic E-state index is 5.72. The van der Waals surface area contributed by atoms with Crippen LogP contribution >= 0.6 is 15.9 Å². The average Bonchev–Trinajstić information content (AvgIpc) is 2.37. The lowest BCUT2D eigenvalue weighted by molar-refractivity contribution is 0.634. The van der Waals surface area contributed by atoms with Crippen LogP contribution < -0.4 is 11.3 Å². The minimum Gasteiger partial charge on any atom is -0.271 e. The molecular formula is C15H17BrN2. The minimum atomic E-state index is -0.000116. The van der Waals surface area contributed by atoms with Crippen molar-refractivity contribution in [2.45, 2.75) is 19.9 Å². The lowest BCUT2D eigenvalue weighted by Crippen LogP contribution is -2.29. The van der Waals surface area contributed by atoms with Gasteiger partial charge in [-0.15, -0.1) is 0 Å². The van der Waals surface area contributed by atoms with Gasteiger partial charge in [-0.3, -0.25) is 5.84 Å². The van der Waals surface area contributed by atoms with E-state index in [1.54, 1.807) is 0 Å². The van der Waals surface area contributed by atoms with Crippen LogP contribution in [0.3, 0.4) is 0 Å². The summed E-state index contributed by atoms with van der Waals surface area (Å²) in [5.41, 5.74) is 7.68. The van der Waals surface area contributed by atoms with Crippen LogP contribution in [0.2, 0.25) is 0 Å². The third-order valence-electron chi connectivity index (χ3n) is 3.04. The Morgan fingerprint density at radius 2 is 1.61 bits per heavy atom. The van der Waals surface area contributed by atoms with Gasteiger partial charge in [0.1, 0.15) is 0 Å². The van der Waals surface area contributed by atoms with E-state index in [-0.39, 0.29) is 6.04 Å². The second-order valence-corrected chi connectivity index (χ2v) is 5.39. The first-order valence-electron chi connectivity index (χ1n) is 5.90. The summed E-state index contributed by atoms with van der Waals surface area (Å²) in [6.07, 6.45) is 0. The fourth-order valence-electron chi connectivity index (χ4n) is 2.01. The van der Waals surface area contributed by atoms with Gasteiger partial charge in [0.15, 0.2) is 0 Å². The highest BCUT2D eigenvalue weighted by Gasteiger charge is 2.15. The molecule has 0 aliphatic carbocycles. The molecule has 2 aromatic carbocycles. The number of hydrogen-bond acceptors (Lipinski definition) is 2. The largest absolute Gasteiger partial charge is 0.271 e. The van der Waals surface area contributed by atoms with Crippen LogP contribution in [0.4, 0.5) is 0 Å². The summed E-state index contributed by atoms with van der Waals surface area (Å²) in [7, 11) is 0. The van der Waals surface area contributed by atoms with E-state index >= 15 is 0 Å². The highest BCUT2D eigenvalue weighted by atomic mass is 79.9. The summed E-state index contributed by atoms with van der Waals surface area (Å²) in [6, 6.07) is 14.7. The Bertz CT molecular complexity index is 535. The summed E-state index contributed by atoms with van der Waals surface area (Å²) in [5.74, 6) is 5.72. The fourth-order valence-corrected chi connectivity index (χ4v) is 2.48. The average molecular weight is 305 g/mol. The molecule has 0 saturated carbocycles. The van der Waals surface area contributed by atoms with Gasteiger partial charge >= 0.3 is 0 Å². The Hall–Kier alpha value is -1.16. The highest BCUT2D eigenvalue weighted by molar-refractivity contribution is 9.10. The first kappa shape index (κ1) is 13.3. The molecule has 94 valence electrons. The molecule has 2 aromatic rings. The molecule has 1 atom stereocenters. The quantitative estimate of drug-likeness (QED) is 0.671. The molecule has 0 aliphatic heterocycles. The van der Waals surface area contributed by atoms with Crippen molar-refractivity contribution < 1.29 is 0 Å². The number of nitrogens with one attached hydrogen (secondary N) is 1. The fraction of sp³-hybridized carbons (Fsp3) is 0.200. The van der Waals surface area contributed by atoms with E-state index in [0.29, 0.717) is 0 Å². The Balaban J connectivity index is 2.44. The van der Waals surface area contributed by atoms with Gasteiger partial charge in [0.2, 0.25) is 0 Å². The van der Waals surface area contributed by atoms with Crippen LogP contribution in [-0.4, -0.2) is 0 Å². The van der Waals surface area contributed by atoms with E-state index in [1.165, 1.54) is 11.1 Å². The molecule has 3 N–H and O–H groups in total. The van der Waals surface area contributed by atoms with E-state index in [0.717, 1.165) is 15.6 Å². The van der Waals surface area contributed by atoms with Crippen molar-refractivity contribution in [3.8, 4) is 0 Å². The molecule has 0 spiro atoms. The monoisotopic (exact) mass is 304 g/mol. The van der Waals surface area contributed by atoms with Crippen molar-refractivity contribution in [2.75, 3.05) is 0 Å². The van der Waals surface area contributed by atoms with E-state index in [9.17, 15) is 0 Å². The first-order valence-corrected chi connectivity index (χ1v) is 6.70. The van der Waals surface area contributed by atoms with Crippen molar-refractivity contribution in [1.82, 2.24) is 5.43 Å². The molecule has 0 saturated heterocycles. The molecule has 0 aliphatic rings. The minimum absolute atomic E-state index is 0.000116. The van der Waals surface area contributed by atoms with Crippen molar-refractivity contribution in [3.05, 3.63) is 69.2 Å². The van der Waals surface area contributed by atoms with Crippen molar-refractivity contribution in [2.24, 2.45) is 5.84 Å². The molecule has 1 unspecified atom stereocenters. The number of halogens is 1. The molecular weight excluding hydrogens is 288 g/mol. The summed E-state index contributed by atoms with van der Waals surface area (Å²) >= 11 is 3.59. The third-order valence-corrected chi connectivity index (χ3v) is 3.76. The Kier molecular flexibility index (Phi) is 4.17. The molecule has 0 bridgehead atoms. The zero-order valence-electron chi connectivity index (χ0n) is 10.6. The van der Waals surface area contributed by atoms with Crippen LogP contribution in [0.1, 0.15) is 28.3 Å². The number of aryl methyl sites for hydroxylation is 2. The zero-order valence-corrected chi connectivity index (χ0v) is 12.2. The summed E-state index contributed by atoms with van der Waals surface area (Å²) in [5, 5.41) is 0. The molecule has 0 radical (unpaired) electrons. The normalized spacial score (nSPS) is 12.4. The SMILES string of the molecule is Cc1ccc(C(NN)c2cc(C)ccc2Br)cc1. The molecule has 0 aromatic heterocycles. The molecule has 0 fully saturated rings. The van der Waals surface area contributed by atoms with E-state index in [1.807, 2.05) is 0 Å². The van der Waals surface area contributed by atoms with Gasteiger partial charge in [-0.2, -0.15) is 0 Å². The van der Waals surface area contributed by atoms with Crippen molar-refractivity contribution in [1.29, 1.82) is 0 Å². The number of hydrazine groups is 1. The van der Waals surface area contributed by atoms with Crippen LogP contribution in [-0.2, 0) is 0 Å². The second kappa shape index (κ2) is 5.65. The number of nitrogens with two attached hydrogens (primary N) is 1. The van der Waals surface area contributed by atoms with Gasteiger partial charge in [-0.25, -0.2) is 5.43 Å². The summed E-state index contributed by atoms with van der Waals surface area (Å²) < 4.78 is 1.07. The summed E-state index contributed by atoms with van der Waals surface area (Å²) in [4.78, 5) is 0.